The van der Waals surface area contributed by atoms with Crippen LogP contribution in [0.25, 0.3) is 0 Å². The van der Waals surface area contributed by atoms with Gasteiger partial charge in [0.15, 0.2) is 0 Å². The number of carbonyl (C=O) groups excluding carboxylic acids is 2. The summed E-state index contributed by atoms with van der Waals surface area (Å²) in [5, 5.41) is 19.2. The molecule has 0 saturated heterocycles. The molecule has 200 valence electrons. The van der Waals surface area contributed by atoms with Crippen molar-refractivity contribution < 1.29 is 42.5 Å². The summed E-state index contributed by atoms with van der Waals surface area (Å²) in [6, 6.07) is 4.98. The third-order valence-electron chi connectivity index (χ3n) is 4.96. The average Bonchev–Trinajstić information content (AvgIpc) is 2.70. The van der Waals surface area contributed by atoms with Gasteiger partial charge in [0.1, 0.15) is 11.8 Å². The van der Waals surface area contributed by atoms with Gasteiger partial charge in [0.25, 0.3) is 0 Å². The Hall–Kier alpha value is -2.66. The van der Waals surface area contributed by atoms with Gasteiger partial charge in [-0.1, -0.05) is 59.7 Å². The molecule has 0 aromatic heterocycles. The summed E-state index contributed by atoms with van der Waals surface area (Å²) in [5.41, 5.74) is 7.13. The zero-order valence-electron chi connectivity index (χ0n) is 21.2. The van der Waals surface area contributed by atoms with Gasteiger partial charge in [0.2, 0.25) is 5.91 Å². The van der Waals surface area contributed by atoms with E-state index < -0.39 is 35.6 Å². The molecule has 0 aliphatic carbocycles. The second-order valence-electron chi connectivity index (χ2n) is 9.68. The lowest BCUT2D eigenvalue weighted by Gasteiger charge is -2.26. The Morgan fingerprint density at radius 1 is 1.03 bits per heavy atom. The van der Waals surface area contributed by atoms with E-state index in [0.717, 1.165) is 11.1 Å². The summed E-state index contributed by atoms with van der Waals surface area (Å²) in [6.45, 7) is 13.8. The number of halogens is 3. The highest BCUT2D eigenvalue weighted by atomic mass is 19.4. The molecule has 0 aliphatic heterocycles. The summed E-state index contributed by atoms with van der Waals surface area (Å²) in [6.07, 6.45) is -5.88. The smallest absolute Gasteiger partial charge is 0.475 e. The quantitative estimate of drug-likeness (QED) is 0.296. The molecular weight excluding hydrogens is 469 g/mol. The van der Waals surface area contributed by atoms with Crippen molar-refractivity contribution in [1.29, 1.82) is 0 Å². The third-order valence-corrected chi connectivity index (χ3v) is 4.96. The van der Waals surface area contributed by atoms with Gasteiger partial charge in [0.05, 0.1) is 12.5 Å². The summed E-state index contributed by atoms with van der Waals surface area (Å²) in [5.74, 6) is -2.43. The fraction of sp³-hybridized carbons (Fsp3) is 0.625. The number of esters is 1. The normalized spacial score (nSPS) is 13.5. The van der Waals surface area contributed by atoms with Crippen LogP contribution in [0.1, 0.15) is 77.8 Å². The van der Waals surface area contributed by atoms with Gasteiger partial charge < -0.3 is 26.0 Å². The molecule has 5 N–H and O–H groups in total. The molecule has 35 heavy (non-hydrogen) atoms. The zero-order valence-corrected chi connectivity index (χ0v) is 21.2. The van der Waals surface area contributed by atoms with Gasteiger partial charge in [-0.3, -0.25) is 9.59 Å². The van der Waals surface area contributed by atoms with E-state index >= 15 is 0 Å². The number of aliphatic carboxylic acids is 1. The highest BCUT2D eigenvalue weighted by Crippen LogP contribution is 2.35. The first-order valence-electron chi connectivity index (χ1n) is 11.1. The van der Waals surface area contributed by atoms with Crippen molar-refractivity contribution in [1.82, 2.24) is 5.32 Å². The van der Waals surface area contributed by atoms with Crippen LogP contribution < -0.4 is 15.8 Å². The number of hydrogen-bond acceptors (Lipinski definition) is 6. The van der Waals surface area contributed by atoms with Gasteiger partial charge >= 0.3 is 18.1 Å². The van der Waals surface area contributed by atoms with E-state index in [0.29, 0.717) is 5.75 Å². The standard InChI is InChI=1S/C22H36N2O4.C2HF3O2/c1-13(2)16-9-8-10-17(14(3)4)20(16)28-18(26)11-22(6,7)12-24-21(27)19(23)15(5)25;3-2(4,5)1(6)7/h8-10,13-15,19,25H,11-12,23H2,1-7H3,(H,24,27);(H,6,7)/t15?,19-;/m0./s1. The van der Waals surface area contributed by atoms with Crippen molar-refractivity contribution in [3.8, 4) is 5.75 Å². The van der Waals surface area contributed by atoms with Crippen molar-refractivity contribution in [2.24, 2.45) is 11.1 Å². The molecule has 0 aliphatic rings. The Morgan fingerprint density at radius 3 is 1.80 bits per heavy atom. The summed E-state index contributed by atoms with van der Waals surface area (Å²) in [4.78, 5) is 33.5. The number of carboxylic acids is 1. The number of aliphatic hydroxyl groups excluding tert-OH is 1. The molecule has 2 atom stereocenters. The van der Waals surface area contributed by atoms with E-state index in [1.807, 2.05) is 32.0 Å². The Morgan fingerprint density at radius 2 is 1.46 bits per heavy atom. The number of alkyl halides is 3. The maximum absolute atomic E-state index is 12.7. The molecule has 8 nitrogen and oxygen atoms in total. The van der Waals surface area contributed by atoms with Crippen molar-refractivity contribution in [2.45, 2.75) is 85.0 Å². The van der Waals surface area contributed by atoms with E-state index in [2.05, 4.69) is 33.0 Å². The van der Waals surface area contributed by atoms with Crippen LogP contribution >= 0.6 is 0 Å². The molecule has 0 radical (unpaired) electrons. The molecule has 1 aromatic rings. The molecule has 0 bridgehead atoms. The average molecular weight is 507 g/mol. The molecule has 1 rings (SSSR count). The van der Waals surface area contributed by atoms with Crippen LogP contribution in [0, 0.1) is 5.41 Å². The Balaban J connectivity index is 0.00000143. The SMILES string of the molecule is CC(C)c1cccc(C(C)C)c1OC(=O)CC(C)(C)CNC(=O)[C@@H](N)C(C)O.O=C(O)C(F)(F)F. The third kappa shape index (κ3) is 11.5. The van der Waals surface area contributed by atoms with Crippen LogP contribution in [-0.4, -0.2) is 52.9 Å². The number of benzene rings is 1. The lowest BCUT2D eigenvalue weighted by atomic mass is 9.89. The minimum Gasteiger partial charge on any atom is -0.475 e. The van der Waals surface area contributed by atoms with Gasteiger partial charge in [-0.05, 0) is 35.3 Å². The van der Waals surface area contributed by atoms with Crippen LogP contribution in [0.15, 0.2) is 18.2 Å². The minimum atomic E-state index is -5.08. The maximum Gasteiger partial charge on any atom is 0.490 e. The summed E-state index contributed by atoms with van der Waals surface area (Å²) < 4.78 is 37.5. The number of para-hydroxylation sites is 1. The molecular formula is C24H37F3N2O6. The Bertz CT molecular complexity index is 841. The maximum atomic E-state index is 12.7. The molecule has 0 spiro atoms. The molecule has 0 saturated carbocycles. The van der Waals surface area contributed by atoms with Crippen molar-refractivity contribution >= 4 is 17.8 Å². The number of nitrogens with one attached hydrogen (secondary N) is 1. The largest absolute Gasteiger partial charge is 0.490 e. The van der Waals surface area contributed by atoms with Gasteiger partial charge in [-0.2, -0.15) is 13.2 Å². The lowest BCUT2D eigenvalue weighted by Crippen LogP contribution is -2.49. The summed E-state index contributed by atoms with van der Waals surface area (Å²) in [7, 11) is 0. The van der Waals surface area contributed by atoms with Crippen LogP contribution in [-0.2, 0) is 14.4 Å². The fourth-order valence-electron chi connectivity index (χ4n) is 2.87. The molecule has 1 aromatic carbocycles. The first-order valence-corrected chi connectivity index (χ1v) is 11.1. The minimum absolute atomic E-state index is 0.140. The lowest BCUT2D eigenvalue weighted by molar-refractivity contribution is -0.192. The molecule has 11 heteroatoms. The summed E-state index contributed by atoms with van der Waals surface area (Å²) >= 11 is 0. The number of nitrogens with two attached hydrogens (primary N) is 1. The Labute approximate surface area is 204 Å². The molecule has 0 heterocycles. The zero-order chi connectivity index (χ0) is 27.7. The fourth-order valence-corrected chi connectivity index (χ4v) is 2.87. The van der Waals surface area contributed by atoms with Crippen molar-refractivity contribution in [3.63, 3.8) is 0 Å². The topological polar surface area (TPSA) is 139 Å². The van der Waals surface area contributed by atoms with E-state index in [4.69, 9.17) is 20.4 Å². The predicted molar refractivity (Wildman–Crippen MR) is 125 cm³/mol. The number of aliphatic hydroxyl groups is 1. The van der Waals surface area contributed by atoms with Crippen LogP contribution in [0.4, 0.5) is 13.2 Å². The van der Waals surface area contributed by atoms with Gasteiger partial charge in [-0.15, -0.1) is 0 Å². The molecule has 1 unspecified atom stereocenters. The van der Waals surface area contributed by atoms with Crippen molar-refractivity contribution in [2.75, 3.05) is 6.54 Å². The van der Waals surface area contributed by atoms with E-state index in [1.54, 1.807) is 0 Å². The van der Waals surface area contributed by atoms with Crippen molar-refractivity contribution in [3.05, 3.63) is 29.3 Å². The number of rotatable bonds is 9. The molecule has 0 fully saturated rings. The van der Waals surface area contributed by atoms with Crippen LogP contribution in [0.2, 0.25) is 0 Å². The first kappa shape index (κ1) is 32.3. The monoisotopic (exact) mass is 506 g/mol. The van der Waals surface area contributed by atoms with E-state index in [-0.39, 0.29) is 30.8 Å². The predicted octanol–water partition coefficient (Wildman–Crippen LogP) is 3.71. The van der Waals surface area contributed by atoms with Gasteiger partial charge in [-0.25, -0.2) is 4.79 Å². The van der Waals surface area contributed by atoms with E-state index in [1.165, 1.54) is 6.92 Å². The second-order valence-corrected chi connectivity index (χ2v) is 9.68. The highest BCUT2D eigenvalue weighted by molar-refractivity contribution is 5.82. The number of carbonyl (C=O) groups is 3. The highest BCUT2D eigenvalue weighted by Gasteiger charge is 2.38. The van der Waals surface area contributed by atoms with Crippen LogP contribution in [0.3, 0.4) is 0 Å². The van der Waals surface area contributed by atoms with Gasteiger partial charge in [0, 0.05) is 6.54 Å². The van der Waals surface area contributed by atoms with Crippen LogP contribution in [0.5, 0.6) is 5.75 Å². The first-order chi connectivity index (χ1) is 15.8. The van der Waals surface area contributed by atoms with E-state index in [9.17, 15) is 27.9 Å². The number of amides is 1. The molecule has 1 amide bonds. The number of carboxylic acid groups (broad SMARTS) is 1. The number of ether oxygens (including phenoxy) is 1. The Kier molecular flexibility index (Phi) is 12.4. The number of hydrogen-bond donors (Lipinski definition) is 4. The second kappa shape index (κ2) is 13.4.